The largest absolute Gasteiger partial charge is 0.497 e. The maximum Gasteiger partial charge on any atom is 0.249 e. The van der Waals surface area contributed by atoms with Gasteiger partial charge < -0.3 is 14.0 Å². The lowest BCUT2D eigenvalue weighted by atomic mass is 10.2. The van der Waals surface area contributed by atoms with Gasteiger partial charge in [0.1, 0.15) is 17.0 Å². The summed E-state index contributed by atoms with van der Waals surface area (Å²) in [6, 6.07) is 9.91. The maximum absolute atomic E-state index is 12.5. The number of sulfone groups is 1. The first-order valence-corrected chi connectivity index (χ1v) is 11.3. The van der Waals surface area contributed by atoms with Crippen LogP contribution >= 0.6 is 11.3 Å². The number of carbonyl (C=O) groups is 1. The van der Waals surface area contributed by atoms with Crippen molar-refractivity contribution in [1.82, 2.24) is 4.57 Å². The third kappa shape index (κ3) is 4.35. The summed E-state index contributed by atoms with van der Waals surface area (Å²) < 4.78 is 38.2. The molecule has 0 saturated heterocycles. The van der Waals surface area contributed by atoms with Crippen LogP contribution in [0.15, 0.2) is 46.3 Å². The second-order valence-corrected chi connectivity index (χ2v) is 9.54. The monoisotopic (exact) mass is 434 g/mol. The Bertz CT molecular complexity index is 1220. The van der Waals surface area contributed by atoms with E-state index in [1.54, 1.807) is 30.9 Å². The number of nitrogens with zero attached hydrogens (tertiary/aromatic N) is 2. The highest BCUT2D eigenvalue weighted by molar-refractivity contribution is 7.91. The highest BCUT2D eigenvalue weighted by Gasteiger charge is 2.17. The summed E-state index contributed by atoms with van der Waals surface area (Å²) in [5.74, 6) is 0.470. The number of benzene rings is 2. The standard InChI is InChI=1S/C20H22N2O5S2/c1-13-5-10-16(27-4)18-19(13)28-20(22(18)2)21-17(23)11-12-29(24,25)15-8-6-14(26-3)7-9-15/h5-10H,11-12H2,1-4H3. The molecule has 0 N–H and O–H groups in total. The third-order valence-electron chi connectivity index (χ3n) is 4.55. The van der Waals surface area contributed by atoms with Gasteiger partial charge in [-0.2, -0.15) is 4.99 Å². The molecule has 0 fully saturated rings. The van der Waals surface area contributed by atoms with E-state index in [9.17, 15) is 13.2 Å². The summed E-state index contributed by atoms with van der Waals surface area (Å²) in [5.41, 5.74) is 1.91. The van der Waals surface area contributed by atoms with Crippen LogP contribution in [0.2, 0.25) is 0 Å². The second-order valence-electron chi connectivity index (χ2n) is 6.46. The first kappa shape index (κ1) is 21.1. The van der Waals surface area contributed by atoms with Gasteiger partial charge in [-0.25, -0.2) is 8.42 Å². The van der Waals surface area contributed by atoms with Crippen molar-refractivity contribution in [3.63, 3.8) is 0 Å². The van der Waals surface area contributed by atoms with Crippen molar-refractivity contribution in [1.29, 1.82) is 0 Å². The van der Waals surface area contributed by atoms with Crippen molar-refractivity contribution in [3.05, 3.63) is 46.8 Å². The van der Waals surface area contributed by atoms with E-state index in [0.29, 0.717) is 16.3 Å². The van der Waals surface area contributed by atoms with Crippen LogP contribution < -0.4 is 14.3 Å². The van der Waals surface area contributed by atoms with Gasteiger partial charge in [-0.05, 0) is 42.8 Å². The average Bonchev–Trinajstić information content (AvgIpc) is 3.04. The minimum absolute atomic E-state index is 0.152. The number of aromatic nitrogens is 1. The number of amides is 1. The Morgan fingerprint density at radius 3 is 2.41 bits per heavy atom. The van der Waals surface area contributed by atoms with Gasteiger partial charge >= 0.3 is 0 Å². The second kappa shape index (κ2) is 8.38. The van der Waals surface area contributed by atoms with Crippen LogP contribution in [0.3, 0.4) is 0 Å². The molecule has 7 nitrogen and oxygen atoms in total. The molecule has 2 aromatic carbocycles. The zero-order valence-electron chi connectivity index (χ0n) is 16.6. The Morgan fingerprint density at radius 1 is 1.10 bits per heavy atom. The summed E-state index contributed by atoms with van der Waals surface area (Å²) in [6.45, 7) is 1.98. The van der Waals surface area contributed by atoms with Crippen LogP contribution in [0, 0.1) is 6.92 Å². The van der Waals surface area contributed by atoms with Crippen LogP contribution in [0.1, 0.15) is 12.0 Å². The van der Waals surface area contributed by atoms with E-state index in [0.717, 1.165) is 15.8 Å². The normalized spacial score (nSPS) is 12.3. The van der Waals surface area contributed by atoms with Gasteiger partial charge in [-0.15, -0.1) is 0 Å². The SMILES string of the molecule is COc1ccc(S(=O)(=O)CCC(=O)N=c2sc3c(C)ccc(OC)c3n2C)cc1. The number of hydrogen-bond acceptors (Lipinski definition) is 6. The molecule has 0 aliphatic rings. The zero-order chi connectivity index (χ0) is 21.2. The molecule has 9 heteroatoms. The van der Waals surface area contributed by atoms with E-state index >= 15 is 0 Å². The molecule has 29 heavy (non-hydrogen) atoms. The number of carbonyl (C=O) groups excluding carboxylic acids is 1. The Balaban J connectivity index is 1.84. The Kier molecular flexibility index (Phi) is 6.09. The van der Waals surface area contributed by atoms with Gasteiger partial charge in [-0.3, -0.25) is 4.79 Å². The first-order chi connectivity index (χ1) is 13.8. The van der Waals surface area contributed by atoms with Crippen LogP contribution in [0.25, 0.3) is 10.2 Å². The lowest BCUT2D eigenvalue weighted by Crippen LogP contribution is -2.16. The molecule has 1 amide bonds. The highest BCUT2D eigenvalue weighted by atomic mass is 32.2. The van der Waals surface area contributed by atoms with E-state index in [2.05, 4.69) is 4.99 Å². The van der Waals surface area contributed by atoms with Crippen molar-refractivity contribution >= 4 is 37.3 Å². The molecule has 0 unspecified atom stereocenters. The lowest BCUT2D eigenvalue weighted by molar-refractivity contribution is -0.117. The van der Waals surface area contributed by atoms with Crippen molar-refractivity contribution in [3.8, 4) is 11.5 Å². The molecule has 1 aromatic heterocycles. The van der Waals surface area contributed by atoms with Crippen LogP contribution in [-0.4, -0.2) is 38.9 Å². The summed E-state index contributed by atoms with van der Waals surface area (Å²) in [4.78, 5) is 17.2. The minimum atomic E-state index is -3.58. The summed E-state index contributed by atoms with van der Waals surface area (Å²) in [7, 11) is 1.32. The Hall–Kier alpha value is -2.65. The molecule has 0 aliphatic carbocycles. The number of fused-ring (bicyclic) bond motifs is 1. The molecule has 0 spiro atoms. The molecular formula is C20H22N2O5S2. The Labute approximate surface area is 173 Å². The molecule has 154 valence electrons. The molecule has 0 bridgehead atoms. The quantitative estimate of drug-likeness (QED) is 0.595. The van der Waals surface area contributed by atoms with E-state index < -0.39 is 15.7 Å². The zero-order valence-corrected chi connectivity index (χ0v) is 18.3. The number of rotatable bonds is 6. The van der Waals surface area contributed by atoms with E-state index in [4.69, 9.17) is 9.47 Å². The fraction of sp³-hybridized carbons (Fsp3) is 0.300. The molecule has 3 rings (SSSR count). The van der Waals surface area contributed by atoms with Gasteiger partial charge in [0, 0.05) is 13.5 Å². The van der Waals surface area contributed by atoms with E-state index in [1.807, 2.05) is 19.1 Å². The third-order valence-corrected chi connectivity index (χ3v) is 7.55. The molecule has 0 atom stereocenters. The van der Waals surface area contributed by atoms with Crippen LogP contribution in [-0.2, 0) is 21.7 Å². The molecule has 3 aromatic rings. The first-order valence-electron chi connectivity index (χ1n) is 8.84. The summed E-state index contributed by atoms with van der Waals surface area (Å²) in [5, 5.41) is 0. The summed E-state index contributed by atoms with van der Waals surface area (Å²) in [6.07, 6.45) is -0.196. The van der Waals surface area contributed by atoms with Gasteiger partial charge in [0.25, 0.3) is 0 Å². The highest BCUT2D eigenvalue weighted by Crippen LogP contribution is 2.29. The fourth-order valence-corrected chi connectivity index (χ4v) is 5.25. The van der Waals surface area contributed by atoms with Crippen molar-refractivity contribution < 1.29 is 22.7 Å². The molecule has 0 aliphatic heterocycles. The van der Waals surface area contributed by atoms with Crippen LogP contribution in [0.4, 0.5) is 0 Å². The summed E-state index contributed by atoms with van der Waals surface area (Å²) >= 11 is 1.37. The van der Waals surface area contributed by atoms with E-state index in [1.165, 1.54) is 30.6 Å². The predicted molar refractivity (Wildman–Crippen MR) is 112 cm³/mol. The van der Waals surface area contributed by atoms with Gasteiger partial charge in [0.15, 0.2) is 14.6 Å². The van der Waals surface area contributed by atoms with Crippen molar-refractivity contribution in [2.45, 2.75) is 18.2 Å². The topological polar surface area (TPSA) is 87.0 Å². The van der Waals surface area contributed by atoms with Crippen LogP contribution in [0.5, 0.6) is 11.5 Å². The lowest BCUT2D eigenvalue weighted by Gasteiger charge is -2.05. The predicted octanol–water partition coefficient (Wildman–Crippen LogP) is 2.86. The van der Waals surface area contributed by atoms with Gasteiger partial charge in [0.05, 0.1) is 29.6 Å². The van der Waals surface area contributed by atoms with Gasteiger partial charge in [-0.1, -0.05) is 17.4 Å². The van der Waals surface area contributed by atoms with E-state index in [-0.39, 0.29) is 17.1 Å². The average molecular weight is 435 g/mol. The number of thiazole rings is 1. The fourth-order valence-electron chi connectivity index (χ4n) is 2.90. The molecule has 0 saturated carbocycles. The minimum Gasteiger partial charge on any atom is -0.497 e. The number of ether oxygens (including phenoxy) is 2. The molecule has 0 radical (unpaired) electrons. The molecular weight excluding hydrogens is 412 g/mol. The smallest absolute Gasteiger partial charge is 0.249 e. The number of methoxy groups -OCH3 is 2. The number of hydrogen-bond donors (Lipinski definition) is 0. The van der Waals surface area contributed by atoms with Gasteiger partial charge in [0.2, 0.25) is 5.91 Å². The number of aryl methyl sites for hydroxylation is 2. The van der Waals surface area contributed by atoms with Crippen molar-refractivity contribution in [2.24, 2.45) is 12.0 Å². The molecule has 1 heterocycles. The van der Waals surface area contributed by atoms with Crippen molar-refractivity contribution in [2.75, 3.05) is 20.0 Å². The maximum atomic E-state index is 12.5. The Morgan fingerprint density at radius 2 is 1.79 bits per heavy atom.